The van der Waals surface area contributed by atoms with Gasteiger partial charge in [0.25, 0.3) is 0 Å². The SMILES string of the molecule is C/C(=C\Nc1ccc(CCl)cc1)C(F)(F)F.CC. The van der Waals surface area contributed by atoms with Gasteiger partial charge in [-0.05, 0) is 24.6 Å². The molecule has 0 amide bonds. The molecule has 0 saturated carbocycles. The van der Waals surface area contributed by atoms with Gasteiger partial charge in [0.1, 0.15) is 0 Å². The van der Waals surface area contributed by atoms with E-state index in [0.29, 0.717) is 11.6 Å². The standard InChI is InChI=1S/C11H11ClF3N.C2H6/c1-8(11(13,14)15)7-16-10-4-2-9(6-12)3-5-10;1-2/h2-5,7,16H,6H2,1H3;1-2H3/b8-7+;. The van der Waals surface area contributed by atoms with Crippen molar-refractivity contribution in [1.82, 2.24) is 0 Å². The van der Waals surface area contributed by atoms with Gasteiger partial charge in [-0.15, -0.1) is 11.6 Å². The van der Waals surface area contributed by atoms with Crippen LogP contribution in [0.3, 0.4) is 0 Å². The normalized spacial score (nSPS) is 11.6. The van der Waals surface area contributed by atoms with Crippen LogP contribution in [0.25, 0.3) is 0 Å². The fraction of sp³-hybridized carbons (Fsp3) is 0.385. The van der Waals surface area contributed by atoms with Crippen molar-refractivity contribution >= 4 is 17.3 Å². The lowest BCUT2D eigenvalue weighted by atomic mass is 10.2. The highest BCUT2D eigenvalue weighted by Gasteiger charge is 2.29. The number of nitrogens with one attached hydrogen (secondary N) is 1. The molecule has 1 aromatic rings. The van der Waals surface area contributed by atoms with E-state index in [1.807, 2.05) is 13.8 Å². The Morgan fingerprint density at radius 1 is 1.22 bits per heavy atom. The molecule has 1 nitrogen and oxygen atoms in total. The molecule has 18 heavy (non-hydrogen) atoms. The van der Waals surface area contributed by atoms with Crippen molar-refractivity contribution in [2.45, 2.75) is 32.8 Å². The molecular formula is C13H17ClF3N. The molecule has 0 fully saturated rings. The Hall–Kier alpha value is -1.16. The average Bonchev–Trinajstić information content (AvgIpc) is 2.37. The Balaban J connectivity index is 0.00000137. The molecule has 5 heteroatoms. The first-order chi connectivity index (χ1) is 8.43. The quantitative estimate of drug-likeness (QED) is 0.738. The topological polar surface area (TPSA) is 12.0 Å². The number of halogens is 4. The van der Waals surface area contributed by atoms with Crippen LogP contribution in [0.15, 0.2) is 36.0 Å². The van der Waals surface area contributed by atoms with Gasteiger partial charge in [-0.1, -0.05) is 26.0 Å². The Kier molecular flexibility index (Phi) is 7.51. The Labute approximate surface area is 111 Å². The molecule has 0 aliphatic rings. The summed E-state index contributed by atoms with van der Waals surface area (Å²) in [5.74, 6) is 0.387. The number of rotatable bonds is 3. The van der Waals surface area contributed by atoms with E-state index in [0.717, 1.165) is 18.7 Å². The van der Waals surface area contributed by atoms with Crippen molar-refractivity contribution < 1.29 is 13.2 Å². The van der Waals surface area contributed by atoms with Crippen molar-refractivity contribution in [2.75, 3.05) is 5.32 Å². The summed E-state index contributed by atoms with van der Waals surface area (Å²) in [6, 6.07) is 6.87. The Bertz CT molecular complexity index is 369. The number of hydrogen-bond acceptors (Lipinski definition) is 1. The maximum absolute atomic E-state index is 12.1. The molecule has 1 N–H and O–H groups in total. The minimum absolute atomic E-state index is 0.387. The largest absolute Gasteiger partial charge is 0.413 e. The zero-order valence-electron chi connectivity index (χ0n) is 10.6. The van der Waals surface area contributed by atoms with Gasteiger partial charge < -0.3 is 5.32 Å². The van der Waals surface area contributed by atoms with E-state index in [1.165, 1.54) is 0 Å². The summed E-state index contributed by atoms with van der Waals surface area (Å²) < 4.78 is 36.4. The smallest absolute Gasteiger partial charge is 0.361 e. The maximum atomic E-state index is 12.1. The third kappa shape index (κ3) is 5.96. The predicted octanol–water partition coefficient (Wildman–Crippen LogP) is 5.33. The second-order valence-corrected chi connectivity index (χ2v) is 3.57. The van der Waals surface area contributed by atoms with E-state index < -0.39 is 11.7 Å². The highest BCUT2D eigenvalue weighted by atomic mass is 35.5. The van der Waals surface area contributed by atoms with Crippen LogP contribution in [0.1, 0.15) is 26.3 Å². The molecular weight excluding hydrogens is 263 g/mol. The van der Waals surface area contributed by atoms with Crippen LogP contribution in [-0.2, 0) is 5.88 Å². The summed E-state index contributed by atoms with van der Waals surface area (Å²) in [5.41, 5.74) is 0.843. The summed E-state index contributed by atoms with van der Waals surface area (Å²) in [6.07, 6.45) is -3.35. The molecule has 0 spiro atoms. The minimum atomic E-state index is -4.29. The first kappa shape index (κ1) is 16.8. The number of anilines is 1. The molecule has 0 aliphatic heterocycles. The zero-order chi connectivity index (χ0) is 14.2. The van der Waals surface area contributed by atoms with Crippen LogP contribution in [0.4, 0.5) is 18.9 Å². The maximum Gasteiger partial charge on any atom is 0.413 e. The van der Waals surface area contributed by atoms with Gasteiger partial charge in [-0.2, -0.15) is 13.2 Å². The lowest BCUT2D eigenvalue weighted by Gasteiger charge is -2.07. The highest BCUT2D eigenvalue weighted by Crippen LogP contribution is 2.24. The summed E-state index contributed by atoms with van der Waals surface area (Å²) in [7, 11) is 0. The lowest BCUT2D eigenvalue weighted by molar-refractivity contribution is -0.0913. The van der Waals surface area contributed by atoms with E-state index in [-0.39, 0.29) is 0 Å². The van der Waals surface area contributed by atoms with Crippen LogP contribution < -0.4 is 5.32 Å². The van der Waals surface area contributed by atoms with Crippen molar-refractivity contribution in [3.05, 3.63) is 41.6 Å². The third-order valence-corrected chi connectivity index (χ3v) is 2.32. The van der Waals surface area contributed by atoms with Gasteiger partial charge in [0.2, 0.25) is 0 Å². The molecule has 0 radical (unpaired) electrons. The molecule has 0 atom stereocenters. The van der Waals surface area contributed by atoms with Crippen LogP contribution in [-0.4, -0.2) is 6.18 Å². The number of benzene rings is 1. The van der Waals surface area contributed by atoms with Crippen LogP contribution in [0.2, 0.25) is 0 Å². The van der Waals surface area contributed by atoms with Crippen LogP contribution >= 0.6 is 11.6 Å². The zero-order valence-corrected chi connectivity index (χ0v) is 11.4. The van der Waals surface area contributed by atoms with E-state index in [4.69, 9.17) is 11.6 Å². The number of hydrogen-bond donors (Lipinski definition) is 1. The summed E-state index contributed by atoms with van der Waals surface area (Å²) >= 11 is 5.59. The van der Waals surface area contributed by atoms with Gasteiger partial charge in [0.05, 0.1) is 0 Å². The molecule has 0 heterocycles. The second kappa shape index (κ2) is 8.03. The molecule has 0 saturated heterocycles. The predicted molar refractivity (Wildman–Crippen MR) is 70.8 cm³/mol. The van der Waals surface area contributed by atoms with E-state index >= 15 is 0 Å². The van der Waals surface area contributed by atoms with Crippen LogP contribution in [0.5, 0.6) is 0 Å². The molecule has 0 aliphatic carbocycles. The van der Waals surface area contributed by atoms with Crippen molar-refractivity contribution in [3.63, 3.8) is 0 Å². The van der Waals surface area contributed by atoms with Gasteiger partial charge >= 0.3 is 6.18 Å². The molecule has 1 rings (SSSR count). The highest BCUT2D eigenvalue weighted by molar-refractivity contribution is 6.17. The van der Waals surface area contributed by atoms with E-state index in [2.05, 4.69) is 5.32 Å². The second-order valence-electron chi connectivity index (χ2n) is 3.30. The third-order valence-electron chi connectivity index (χ3n) is 2.01. The first-order valence-electron chi connectivity index (χ1n) is 5.59. The molecule has 0 aromatic heterocycles. The first-order valence-corrected chi connectivity index (χ1v) is 6.12. The van der Waals surface area contributed by atoms with E-state index in [1.54, 1.807) is 24.3 Å². The average molecular weight is 280 g/mol. The van der Waals surface area contributed by atoms with Gasteiger partial charge in [-0.25, -0.2) is 0 Å². The summed E-state index contributed by atoms with van der Waals surface area (Å²) in [5, 5.41) is 2.58. The van der Waals surface area contributed by atoms with Crippen molar-refractivity contribution in [2.24, 2.45) is 0 Å². The fourth-order valence-electron chi connectivity index (χ4n) is 0.963. The summed E-state index contributed by atoms with van der Waals surface area (Å²) in [4.78, 5) is 0. The van der Waals surface area contributed by atoms with Crippen molar-refractivity contribution in [3.8, 4) is 0 Å². The van der Waals surface area contributed by atoms with Gasteiger partial charge in [0.15, 0.2) is 0 Å². The molecule has 102 valence electrons. The number of alkyl halides is 4. The van der Waals surface area contributed by atoms with Crippen LogP contribution in [0, 0.1) is 0 Å². The van der Waals surface area contributed by atoms with Gasteiger partial charge in [0, 0.05) is 23.3 Å². The fourth-order valence-corrected chi connectivity index (χ4v) is 1.14. The molecule has 0 bridgehead atoms. The summed E-state index contributed by atoms with van der Waals surface area (Å²) in [6.45, 7) is 5.01. The Morgan fingerprint density at radius 3 is 2.11 bits per heavy atom. The van der Waals surface area contributed by atoms with Crippen molar-refractivity contribution in [1.29, 1.82) is 0 Å². The van der Waals surface area contributed by atoms with E-state index in [9.17, 15) is 13.2 Å². The lowest BCUT2D eigenvalue weighted by Crippen LogP contribution is -2.10. The monoisotopic (exact) mass is 279 g/mol. The number of allylic oxidation sites excluding steroid dienone is 1. The van der Waals surface area contributed by atoms with Gasteiger partial charge in [-0.3, -0.25) is 0 Å². The molecule has 0 unspecified atom stereocenters. The minimum Gasteiger partial charge on any atom is -0.361 e. The molecule has 1 aromatic carbocycles. The Morgan fingerprint density at radius 2 is 1.72 bits per heavy atom.